The van der Waals surface area contributed by atoms with Crippen molar-refractivity contribution in [1.82, 2.24) is 0 Å². The molecule has 0 spiro atoms. The van der Waals surface area contributed by atoms with Crippen molar-refractivity contribution in [2.24, 2.45) is 46.8 Å². The average Bonchev–Trinajstić information content (AvgIpc) is 3.00. The van der Waals surface area contributed by atoms with E-state index in [0.29, 0.717) is 5.41 Å². The highest BCUT2D eigenvalue weighted by Crippen LogP contribution is 2.60. The maximum Gasteiger partial charge on any atom is -0.0205 e. The third kappa shape index (κ3) is 4.51. The molecule has 27 heavy (non-hydrogen) atoms. The van der Waals surface area contributed by atoms with Gasteiger partial charge in [0.25, 0.3) is 0 Å². The summed E-state index contributed by atoms with van der Waals surface area (Å²) in [6, 6.07) is 0. The molecule has 0 aliphatic heterocycles. The van der Waals surface area contributed by atoms with Crippen LogP contribution in [0.1, 0.15) is 112 Å². The summed E-state index contributed by atoms with van der Waals surface area (Å²) in [4.78, 5) is 0. The second-order valence-corrected chi connectivity index (χ2v) is 10.7. The first-order valence-electron chi connectivity index (χ1n) is 12.8. The van der Waals surface area contributed by atoms with Gasteiger partial charge in [-0.2, -0.15) is 0 Å². The summed E-state index contributed by atoms with van der Waals surface area (Å²) in [5, 5.41) is 0. The summed E-state index contributed by atoms with van der Waals surface area (Å²) in [6.07, 6.45) is 23.4. The highest BCUT2D eigenvalue weighted by molar-refractivity contribution is 5.04. The molecule has 0 heterocycles. The number of hydrogen-bond acceptors (Lipinski definition) is 0. The van der Waals surface area contributed by atoms with Crippen LogP contribution in [0.4, 0.5) is 0 Å². The Hall–Kier alpha value is -0.260. The fourth-order valence-electron chi connectivity index (χ4n) is 7.90. The van der Waals surface area contributed by atoms with E-state index in [4.69, 9.17) is 0 Å². The van der Waals surface area contributed by atoms with Crippen LogP contribution in [0.25, 0.3) is 0 Å². The molecule has 0 heteroatoms. The molecule has 156 valence electrons. The van der Waals surface area contributed by atoms with Crippen LogP contribution in [0.5, 0.6) is 0 Å². The lowest BCUT2D eigenvalue weighted by molar-refractivity contribution is 0.0990. The van der Waals surface area contributed by atoms with Gasteiger partial charge in [0.05, 0.1) is 0 Å². The van der Waals surface area contributed by atoms with Crippen LogP contribution < -0.4 is 0 Å². The van der Waals surface area contributed by atoms with Crippen molar-refractivity contribution < 1.29 is 0 Å². The molecule has 4 bridgehead atoms. The van der Waals surface area contributed by atoms with E-state index in [2.05, 4.69) is 32.9 Å². The van der Waals surface area contributed by atoms with Gasteiger partial charge in [0.1, 0.15) is 0 Å². The fraction of sp³-hybridized carbons (Fsp3) is 0.926. The lowest BCUT2D eigenvalue weighted by Crippen LogP contribution is -2.32. The van der Waals surface area contributed by atoms with Crippen molar-refractivity contribution in [2.45, 2.75) is 112 Å². The molecule has 0 nitrogen and oxygen atoms in total. The van der Waals surface area contributed by atoms with Crippen LogP contribution in [0.2, 0.25) is 0 Å². The Bertz CT molecular complexity index is 476. The Labute approximate surface area is 171 Å². The van der Waals surface area contributed by atoms with Gasteiger partial charge in [-0.15, -0.1) is 0 Å². The van der Waals surface area contributed by atoms with Gasteiger partial charge in [-0.05, 0) is 105 Å². The highest BCUT2D eigenvalue weighted by Gasteiger charge is 2.50. The molecule has 0 aromatic rings. The van der Waals surface area contributed by atoms with Gasteiger partial charge in [0, 0.05) is 0 Å². The molecule has 0 N–H and O–H groups in total. The Morgan fingerprint density at radius 3 is 2.44 bits per heavy atom. The third-order valence-corrected chi connectivity index (χ3v) is 9.41. The largest absolute Gasteiger partial charge is 0.0851 e. The number of allylic oxidation sites excluding steroid dienone is 2. The zero-order valence-corrected chi connectivity index (χ0v) is 19.2. The van der Waals surface area contributed by atoms with Crippen molar-refractivity contribution >= 4 is 0 Å². The summed E-state index contributed by atoms with van der Waals surface area (Å²) in [5.74, 6) is 6.81. The minimum atomic E-state index is 0.671. The molecule has 8 atom stereocenters. The smallest absolute Gasteiger partial charge is 0.0205 e. The van der Waals surface area contributed by atoms with Crippen LogP contribution in [-0.4, -0.2) is 0 Å². The first-order chi connectivity index (χ1) is 13.1. The van der Waals surface area contributed by atoms with Gasteiger partial charge in [0.2, 0.25) is 0 Å². The van der Waals surface area contributed by atoms with E-state index in [1.54, 1.807) is 12.8 Å². The monoisotopic (exact) mass is 372 g/mol. The predicted octanol–water partition coefficient (Wildman–Crippen LogP) is 8.66. The molecule has 8 unspecified atom stereocenters. The zero-order valence-electron chi connectivity index (χ0n) is 19.2. The van der Waals surface area contributed by atoms with E-state index < -0.39 is 0 Å². The first-order valence-corrected chi connectivity index (χ1v) is 12.8. The molecule has 0 saturated heterocycles. The molecular formula is C27H48. The molecule has 0 amide bonds. The van der Waals surface area contributed by atoms with Gasteiger partial charge in [-0.3, -0.25) is 0 Å². The summed E-state index contributed by atoms with van der Waals surface area (Å²) >= 11 is 0. The standard InChI is InChI=1S/C25H42.C2H6/c1-4-23-12-13-24-22-11-9-19-8-10-20(7-5-6-18(2)16-19)21(17-22)14-15-25(23,24)3;1-2/h8,10,18-24H,4-7,9,11-17H2,1-3H3;1-2H3. The van der Waals surface area contributed by atoms with Gasteiger partial charge < -0.3 is 0 Å². The summed E-state index contributed by atoms with van der Waals surface area (Å²) in [6.45, 7) is 11.7. The molecule has 4 aliphatic carbocycles. The zero-order chi connectivity index (χ0) is 19.4. The van der Waals surface area contributed by atoms with Gasteiger partial charge in [0.15, 0.2) is 0 Å². The van der Waals surface area contributed by atoms with E-state index >= 15 is 0 Å². The van der Waals surface area contributed by atoms with Crippen LogP contribution >= 0.6 is 0 Å². The van der Waals surface area contributed by atoms with E-state index in [1.165, 1.54) is 64.2 Å². The highest BCUT2D eigenvalue weighted by atomic mass is 14.6. The van der Waals surface area contributed by atoms with E-state index in [1.807, 2.05) is 13.8 Å². The van der Waals surface area contributed by atoms with E-state index in [-0.39, 0.29) is 0 Å². The molecule has 2 saturated carbocycles. The van der Waals surface area contributed by atoms with E-state index in [9.17, 15) is 0 Å². The molecular weight excluding hydrogens is 324 g/mol. The van der Waals surface area contributed by atoms with Crippen molar-refractivity contribution in [3.8, 4) is 0 Å². The third-order valence-electron chi connectivity index (χ3n) is 9.41. The minimum Gasteiger partial charge on any atom is -0.0851 e. The molecule has 2 fully saturated rings. The number of rotatable bonds is 1. The van der Waals surface area contributed by atoms with Gasteiger partial charge in [-0.1, -0.05) is 66.0 Å². The van der Waals surface area contributed by atoms with Crippen LogP contribution in [-0.2, 0) is 0 Å². The van der Waals surface area contributed by atoms with Crippen LogP contribution in [0, 0.1) is 46.8 Å². The average molecular weight is 373 g/mol. The van der Waals surface area contributed by atoms with Crippen molar-refractivity contribution in [3.63, 3.8) is 0 Å². The molecule has 4 aliphatic rings. The first kappa shape index (κ1) is 21.4. The van der Waals surface area contributed by atoms with Crippen molar-refractivity contribution in [3.05, 3.63) is 12.2 Å². The number of fused-ring (bicyclic) bond motifs is 7. The molecule has 0 aromatic carbocycles. The topological polar surface area (TPSA) is 0 Å². The maximum absolute atomic E-state index is 2.72. The summed E-state index contributed by atoms with van der Waals surface area (Å²) in [5.41, 5.74) is 0.671. The molecule has 4 rings (SSSR count). The Balaban J connectivity index is 0.00000102. The lowest BCUT2D eigenvalue weighted by Gasteiger charge is -2.39. The normalized spacial score (nSPS) is 47.1. The molecule has 0 aromatic heterocycles. The fourth-order valence-corrected chi connectivity index (χ4v) is 7.90. The van der Waals surface area contributed by atoms with Gasteiger partial charge >= 0.3 is 0 Å². The minimum absolute atomic E-state index is 0.671. The van der Waals surface area contributed by atoms with Crippen molar-refractivity contribution in [1.29, 1.82) is 0 Å². The summed E-state index contributed by atoms with van der Waals surface area (Å²) < 4.78 is 0. The van der Waals surface area contributed by atoms with E-state index in [0.717, 1.165) is 41.4 Å². The Kier molecular flexibility index (Phi) is 7.54. The Morgan fingerprint density at radius 1 is 0.852 bits per heavy atom. The number of hydrogen-bond donors (Lipinski definition) is 0. The van der Waals surface area contributed by atoms with Crippen LogP contribution in [0.3, 0.4) is 0 Å². The van der Waals surface area contributed by atoms with Crippen molar-refractivity contribution in [2.75, 3.05) is 0 Å². The predicted molar refractivity (Wildman–Crippen MR) is 120 cm³/mol. The second kappa shape index (κ2) is 9.49. The lowest BCUT2D eigenvalue weighted by atomic mass is 9.66. The quantitative estimate of drug-likeness (QED) is 0.404. The Morgan fingerprint density at radius 2 is 1.67 bits per heavy atom. The summed E-state index contributed by atoms with van der Waals surface area (Å²) in [7, 11) is 0. The van der Waals surface area contributed by atoms with Crippen LogP contribution in [0.15, 0.2) is 12.2 Å². The van der Waals surface area contributed by atoms with Gasteiger partial charge in [-0.25, -0.2) is 0 Å². The molecule has 0 radical (unpaired) electrons. The maximum atomic E-state index is 2.72. The SMILES string of the molecule is CC.CCC1CCC2C3CCC4C=CC(CCCC(C)C4)C(CCC12C)C3. The second-order valence-electron chi connectivity index (χ2n) is 10.7.